The van der Waals surface area contributed by atoms with Crippen molar-refractivity contribution in [3.8, 4) is 0 Å². The van der Waals surface area contributed by atoms with E-state index in [2.05, 4.69) is 17.1 Å². The number of likely N-dealkylation sites (tertiary alicyclic amines) is 1. The van der Waals surface area contributed by atoms with E-state index >= 15 is 0 Å². The molecule has 2 heterocycles. The molecule has 3 N–H and O–H groups in total. The number of nitrogens with two attached hydrogens (primary N) is 1. The van der Waals surface area contributed by atoms with Gasteiger partial charge in [-0.05, 0) is 26.2 Å². The summed E-state index contributed by atoms with van der Waals surface area (Å²) < 4.78 is 5.73. The van der Waals surface area contributed by atoms with Gasteiger partial charge in [0.05, 0.1) is 17.5 Å². The summed E-state index contributed by atoms with van der Waals surface area (Å²) >= 11 is 0. The van der Waals surface area contributed by atoms with Crippen LogP contribution in [0.15, 0.2) is 0 Å². The SMILES string of the molecule is CCCOC1CCCN(C(=O)c2n[nH]c(C)c2N)C1. The summed E-state index contributed by atoms with van der Waals surface area (Å²) in [5.74, 6) is -0.105. The van der Waals surface area contributed by atoms with Crippen LogP contribution in [0.25, 0.3) is 0 Å². The van der Waals surface area contributed by atoms with Crippen molar-refractivity contribution in [2.24, 2.45) is 0 Å². The number of rotatable bonds is 4. The monoisotopic (exact) mass is 266 g/mol. The number of amides is 1. The van der Waals surface area contributed by atoms with Crippen molar-refractivity contribution in [3.05, 3.63) is 11.4 Å². The fourth-order valence-corrected chi connectivity index (χ4v) is 2.29. The van der Waals surface area contributed by atoms with Crippen molar-refractivity contribution in [1.29, 1.82) is 0 Å². The average Bonchev–Trinajstić information content (AvgIpc) is 2.76. The Morgan fingerprint density at radius 3 is 3.05 bits per heavy atom. The average molecular weight is 266 g/mol. The molecule has 0 radical (unpaired) electrons. The number of nitrogens with one attached hydrogen (secondary N) is 1. The van der Waals surface area contributed by atoms with E-state index in [-0.39, 0.29) is 12.0 Å². The van der Waals surface area contributed by atoms with Crippen molar-refractivity contribution in [2.75, 3.05) is 25.4 Å². The molecular formula is C13H22N4O2. The Morgan fingerprint density at radius 1 is 1.63 bits per heavy atom. The van der Waals surface area contributed by atoms with E-state index in [0.29, 0.717) is 17.9 Å². The fraction of sp³-hybridized carbons (Fsp3) is 0.692. The number of carbonyl (C=O) groups is 1. The fourth-order valence-electron chi connectivity index (χ4n) is 2.29. The molecule has 1 aliphatic rings. The normalized spacial score (nSPS) is 19.7. The topological polar surface area (TPSA) is 84.2 Å². The predicted molar refractivity (Wildman–Crippen MR) is 72.9 cm³/mol. The number of hydrogen-bond acceptors (Lipinski definition) is 4. The van der Waals surface area contributed by atoms with Crippen molar-refractivity contribution < 1.29 is 9.53 Å². The highest BCUT2D eigenvalue weighted by Crippen LogP contribution is 2.19. The van der Waals surface area contributed by atoms with E-state index in [1.54, 1.807) is 4.90 Å². The lowest BCUT2D eigenvalue weighted by Crippen LogP contribution is -2.43. The molecule has 0 aromatic carbocycles. The van der Waals surface area contributed by atoms with Crippen LogP contribution in [0.4, 0.5) is 5.69 Å². The lowest BCUT2D eigenvalue weighted by Gasteiger charge is -2.32. The molecular weight excluding hydrogens is 244 g/mol. The maximum atomic E-state index is 12.4. The summed E-state index contributed by atoms with van der Waals surface area (Å²) in [5.41, 5.74) is 7.36. The molecule has 6 nitrogen and oxygen atoms in total. The first-order valence-electron chi connectivity index (χ1n) is 6.84. The minimum absolute atomic E-state index is 0.105. The number of hydrogen-bond donors (Lipinski definition) is 2. The second-order valence-electron chi connectivity index (χ2n) is 5.00. The zero-order chi connectivity index (χ0) is 13.8. The number of aryl methyl sites for hydroxylation is 1. The molecule has 1 saturated heterocycles. The van der Waals surface area contributed by atoms with Gasteiger partial charge in [0.15, 0.2) is 5.69 Å². The van der Waals surface area contributed by atoms with Crippen LogP contribution in [0.5, 0.6) is 0 Å². The van der Waals surface area contributed by atoms with Crippen molar-refractivity contribution in [3.63, 3.8) is 0 Å². The number of piperidine rings is 1. The van der Waals surface area contributed by atoms with Crippen molar-refractivity contribution in [2.45, 2.75) is 39.2 Å². The molecule has 0 spiro atoms. The van der Waals surface area contributed by atoms with Crippen LogP contribution in [-0.4, -0.2) is 46.8 Å². The van der Waals surface area contributed by atoms with E-state index in [9.17, 15) is 4.79 Å². The van der Waals surface area contributed by atoms with Crippen LogP contribution in [0.1, 0.15) is 42.4 Å². The number of aromatic amines is 1. The van der Waals surface area contributed by atoms with Gasteiger partial charge in [0.1, 0.15) is 0 Å². The Morgan fingerprint density at radius 2 is 2.42 bits per heavy atom. The van der Waals surface area contributed by atoms with Gasteiger partial charge in [-0.15, -0.1) is 0 Å². The summed E-state index contributed by atoms with van der Waals surface area (Å²) in [4.78, 5) is 14.1. The Kier molecular flexibility index (Phi) is 4.42. The maximum absolute atomic E-state index is 12.4. The largest absolute Gasteiger partial charge is 0.395 e. The summed E-state index contributed by atoms with van der Waals surface area (Å²) in [5, 5.41) is 6.74. The number of nitrogens with zero attached hydrogens (tertiary/aromatic N) is 2. The minimum atomic E-state index is -0.105. The van der Waals surface area contributed by atoms with E-state index in [1.807, 2.05) is 6.92 Å². The molecule has 6 heteroatoms. The van der Waals surface area contributed by atoms with Gasteiger partial charge < -0.3 is 15.4 Å². The number of anilines is 1. The first-order chi connectivity index (χ1) is 9.13. The van der Waals surface area contributed by atoms with Crippen LogP contribution in [-0.2, 0) is 4.74 Å². The van der Waals surface area contributed by atoms with Crippen molar-refractivity contribution in [1.82, 2.24) is 15.1 Å². The third-order valence-electron chi connectivity index (χ3n) is 3.42. The molecule has 2 rings (SSSR count). The van der Waals surface area contributed by atoms with E-state index < -0.39 is 0 Å². The molecule has 1 aromatic heterocycles. The Balaban J connectivity index is 2.01. The van der Waals surface area contributed by atoms with E-state index in [4.69, 9.17) is 10.5 Å². The Hall–Kier alpha value is -1.56. The number of aromatic nitrogens is 2. The van der Waals surface area contributed by atoms with Gasteiger partial charge in [-0.3, -0.25) is 9.89 Å². The quantitative estimate of drug-likeness (QED) is 0.861. The molecule has 0 saturated carbocycles. The maximum Gasteiger partial charge on any atom is 0.276 e. The third kappa shape index (κ3) is 3.07. The number of ether oxygens (including phenoxy) is 1. The molecule has 0 bridgehead atoms. The smallest absolute Gasteiger partial charge is 0.276 e. The summed E-state index contributed by atoms with van der Waals surface area (Å²) in [6, 6.07) is 0. The van der Waals surface area contributed by atoms with Crippen LogP contribution in [0.3, 0.4) is 0 Å². The minimum Gasteiger partial charge on any atom is -0.395 e. The molecule has 1 aromatic rings. The van der Waals surface area contributed by atoms with Gasteiger partial charge in [-0.2, -0.15) is 5.10 Å². The molecule has 0 aliphatic carbocycles. The molecule has 106 valence electrons. The van der Waals surface area contributed by atoms with Gasteiger partial charge in [-0.25, -0.2) is 0 Å². The highest BCUT2D eigenvalue weighted by atomic mass is 16.5. The molecule has 1 atom stereocenters. The first-order valence-corrected chi connectivity index (χ1v) is 6.84. The van der Waals surface area contributed by atoms with E-state index in [0.717, 1.165) is 38.1 Å². The van der Waals surface area contributed by atoms with Gasteiger partial charge >= 0.3 is 0 Å². The van der Waals surface area contributed by atoms with Gasteiger partial charge in [-0.1, -0.05) is 6.92 Å². The van der Waals surface area contributed by atoms with E-state index in [1.165, 1.54) is 0 Å². The molecule has 1 aliphatic heterocycles. The van der Waals surface area contributed by atoms with Gasteiger partial charge in [0.2, 0.25) is 0 Å². The van der Waals surface area contributed by atoms with Crippen LogP contribution in [0, 0.1) is 6.92 Å². The standard InChI is InChI=1S/C13H22N4O2/c1-3-7-19-10-5-4-6-17(8-10)13(18)12-11(14)9(2)15-16-12/h10H,3-8,14H2,1-2H3,(H,15,16). The lowest BCUT2D eigenvalue weighted by atomic mass is 10.1. The first kappa shape index (κ1) is 13.9. The van der Waals surface area contributed by atoms with Gasteiger partial charge in [0, 0.05) is 19.7 Å². The molecule has 1 unspecified atom stereocenters. The second-order valence-corrected chi connectivity index (χ2v) is 5.00. The Bertz CT molecular complexity index is 444. The zero-order valence-corrected chi connectivity index (χ0v) is 11.6. The second kappa shape index (κ2) is 6.06. The molecule has 1 amide bonds. The predicted octanol–water partition coefficient (Wildman–Crippen LogP) is 1.33. The number of carbonyl (C=O) groups excluding carboxylic acids is 1. The van der Waals surface area contributed by atoms with Crippen LogP contribution < -0.4 is 5.73 Å². The highest BCUT2D eigenvalue weighted by molar-refractivity contribution is 5.97. The van der Waals surface area contributed by atoms with Crippen LogP contribution >= 0.6 is 0 Å². The lowest BCUT2D eigenvalue weighted by molar-refractivity contribution is 0.00195. The highest BCUT2D eigenvalue weighted by Gasteiger charge is 2.27. The zero-order valence-electron chi connectivity index (χ0n) is 11.6. The third-order valence-corrected chi connectivity index (χ3v) is 3.42. The molecule has 19 heavy (non-hydrogen) atoms. The summed E-state index contributed by atoms with van der Waals surface area (Å²) in [7, 11) is 0. The summed E-state index contributed by atoms with van der Waals surface area (Å²) in [6.07, 6.45) is 3.11. The number of nitrogen functional groups attached to an aromatic ring is 1. The number of H-pyrrole nitrogens is 1. The van der Waals surface area contributed by atoms with Crippen LogP contribution in [0.2, 0.25) is 0 Å². The van der Waals surface area contributed by atoms with Crippen molar-refractivity contribution >= 4 is 11.6 Å². The Labute approximate surface area is 113 Å². The molecule has 1 fully saturated rings. The van der Waals surface area contributed by atoms with Gasteiger partial charge in [0.25, 0.3) is 5.91 Å². The summed E-state index contributed by atoms with van der Waals surface area (Å²) in [6.45, 7) is 6.01.